The minimum Gasteiger partial charge on any atom is -0.493 e. The van der Waals surface area contributed by atoms with Gasteiger partial charge in [0, 0.05) is 11.3 Å². The second kappa shape index (κ2) is 14.5. The van der Waals surface area contributed by atoms with E-state index < -0.39 is 5.82 Å². The second-order valence-electron chi connectivity index (χ2n) is 11.6. The zero-order valence-corrected chi connectivity index (χ0v) is 25.4. The SMILES string of the molecule is C=CC.O=C(NSC1CC1)c1cc(C2CC2)c(OCC2CCN(C(c3ccc(F)cc3)c3ccc(F)cc3)CC2)cc1F. The lowest BCUT2D eigenvalue weighted by Gasteiger charge is -2.38. The van der Waals surface area contributed by atoms with E-state index in [-0.39, 0.29) is 29.1 Å². The van der Waals surface area contributed by atoms with Gasteiger partial charge in [0.1, 0.15) is 23.2 Å². The zero-order chi connectivity index (χ0) is 30.3. The summed E-state index contributed by atoms with van der Waals surface area (Å²) in [5, 5.41) is 0.450. The molecule has 3 fully saturated rings. The van der Waals surface area contributed by atoms with Crippen molar-refractivity contribution in [3.05, 3.63) is 113 Å². The van der Waals surface area contributed by atoms with Crippen LogP contribution in [0, 0.1) is 23.4 Å². The van der Waals surface area contributed by atoms with Gasteiger partial charge in [0.25, 0.3) is 5.91 Å². The Morgan fingerprint density at radius 2 is 1.51 bits per heavy atom. The van der Waals surface area contributed by atoms with Crippen LogP contribution in [0.25, 0.3) is 0 Å². The van der Waals surface area contributed by atoms with E-state index in [1.165, 1.54) is 42.3 Å². The number of hydrogen-bond donors (Lipinski definition) is 1. The maximum atomic E-state index is 15.0. The number of nitrogens with zero attached hydrogens (tertiary/aromatic N) is 1. The van der Waals surface area contributed by atoms with Crippen LogP contribution in [-0.4, -0.2) is 35.8 Å². The first kappa shape index (κ1) is 31.2. The molecule has 228 valence electrons. The average molecular weight is 609 g/mol. The lowest BCUT2D eigenvalue weighted by molar-refractivity contribution is 0.0980. The number of carbonyl (C=O) groups is 1. The topological polar surface area (TPSA) is 41.6 Å². The molecule has 1 saturated heterocycles. The van der Waals surface area contributed by atoms with E-state index in [0.29, 0.717) is 29.4 Å². The molecule has 3 aromatic rings. The van der Waals surface area contributed by atoms with Crippen LogP contribution in [0.3, 0.4) is 0 Å². The van der Waals surface area contributed by atoms with Gasteiger partial charge < -0.3 is 4.74 Å². The summed E-state index contributed by atoms with van der Waals surface area (Å²) in [4.78, 5) is 14.9. The van der Waals surface area contributed by atoms with Crippen molar-refractivity contribution in [3.8, 4) is 5.75 Å². The first-order valence-electron chi connectivity index (χ1n) is 15.1. The fraction of sp³-hybridized carbons (Fsp3) is 0.400. The van der Waals surface area contributed by atoms with Crippen LogP contribution < -0.4 is 9.46 Å². The molecule has 1 heterocycles. The van der Waals surface area contributed by atoms with Gasteiger partial charge in [-0.15, -0.1) is 6.58 Å². The molecule has 0 aromatic heterocycles. The molecule has 1 aliphatic heterocycles. The second-order valence-corrected chi connectivity index (χ2v) is 12.7. The molecule has 2 aliphatic carbocycles. The van der Waals surface area contributed by atoms with Crippen molar-refractivity contribution >= 4 is 17.9 Å². The Kier molecular flexibility index (Phi) is 10.5. The van der Waals surface area contributed by atoms with Gasteiger partial charge in [-0.2, -0.15) is 0 Å². The number of allylic oxidation sites excluding steroid dienone is 1. The highest BCUT2D eigenvalue weighted by atomic mass is 32.2. The predicted octanol–water partition coefficient (Wildman–Crippen LogP) is 8.59. The molecular weight excluding hydrogens is 569 g/mol. The lowest BCUT2D eigenvalue weighted by Crippen LogP contribution is -2.38. The molecule has 2 saturated carbocycles. The van der Waals surface area contributed by atoms with Crippen molar-refractivity contribution in [1.29, 1.82) is 0 Å². The third-order valence-electron chi connectivity index (χ3n) is 8.06. The molecule has 0 spiro atoms. The molecule has 0 atom stereocenters. The third kappa shape index (κ3) is 8.45. The lowest BCUT2D eigenvalue weighted by atomic mass is 9.91. The van der Waals surface area contributed by atoms with Crippen LogP contribution in [0.15, 0.2) is 73.3 Å². The summed E-state index contributed by atoms with van der Waals surface area (Å²) in [7, 11) is 0. The Morgan fingerprint density at radius 1 is 0.953 bits per heavy atom. The van der Waals surface area contributed by atoms with Crippen molar-refractivity contribution in [2.45, 2.75) is 62.7 Å². The minimum absolute atomic E-state index is 0.0864. The molecule has 4 nitrogen and oxygen atoms in total. The largest absolute Gasteiger partial charge is 0.493 e. The van der Waals surface area contributed by atoms with Gasteiger partial charge in [-0.05, 0) is 129 Å². The fourth-order valence-corrected chi connectivity index (χ4v) is 6.21. The Morgan fingerprint density at radius 3 is 2.02 bits per heavy atom. The highest BCUT2D eigenvalue weighted by Crippen LogP contribution is 2.45. The van der Waals surface area contributed by atoms with Crippen molar-refractivity contribution < 1.29 is 22.7 Å². The summed E-state index contributed by atoms with van der Waals surface area (Å²) in [5.74, 6) is -0.352. The molecule has 0 radical (unpaired) electrons. The summed E-state index contributed by atoms with van der Waals surface area (Å²) in [6.07, 6.45) is 7.74. The Bertz CT molecular complexity index is 1340. The van der Waals surface area contributed by atoms with E-state index in [1.54, 1.807) is 36.4 Å². The maximum absolute atomic E-state index is 15.0. The third-order valence-corrected chi connectivity index (χ3v) is 9.17. The number of hydrogen-bond acceptors (Lipinski definition) is 4. The summed E-state index contributed by atoms with van der Waals surface area (Å²) in [5.41, 5.74) is 2.94. The van der Waals surface area contributed by atoms with Crippen molar-refractivity contribution in [2.75, 3.05) is 19.7 Å². The Labute approximate surface area is 256 Å². The molecular formula is C35H39F3N2O2S. The van der Waals surface area contributed by atoms with Crippen molar-refractivity contribution in [3.63, 3.8) is 0 Å². The number of piperidine rings is 1. The molecule has 1 amide bonds. The number of carbonyl (C=O) groups excluding carboxylic acids is 1. The van der Waals surface area contributed by atoms with Crippen LogP contribution in [-0.2, 0) is 0 Å². The smallest absolute Gasteiger partial charge is 0.264 e. The van der Waals surface area contributed by atoms with Gasteiger partial charge in [-0.3, -0.25) is 14.4 Å². The Balaban J connectivity index is 0.00000118. The molecule has 6 rings (SSSR count). The standard InChI is InChI=1S/C32H33F3N2O2S.C3H6/c33-24-7-3-22(4-8-24)31(23-5-9-25(34)10-6-23)37-15-13-20(14-16-37)19-39-30-18-29(35)28(17-27(30)21-1-2-21)32(38)36-40-26-11-12-26;1-3-2/h3-10,17-18,20-21,26,31H,1-2,11-16,19H2,(H,36,38);3H,1H2,2H3. The summed E-state index contributed by atoms with van der Waals surface area (Å²) in [6.45, 7) is 7.33. The van der Waals surface area contributed by atoms with Crippen LogP contribution >= 0.6 is 11.9 Å². The van der Waals surface area contributed by atoms with E-state index in [0.717, 1.165) is 68.3 Å². The molecule has 8 heteroatoms. The number of nitrogens with one attached hydrogen (secondary N) is 1. The first-order valence-corrected chi connectivity index (χ1v) is 16.0. The normalized spacial score (nSPS) is 17.2. The fourth-order valence-electron chi connectivity index (χ4n) is 5.45. The first-order chi connectivity index (χ1) is 20.9. The predicted molar refractivity (Wildman–Crippen MR) is 167 cm³/mol. The summed E-state index contributed by atoms with van der Waals surface area (Å²) < 4.78 is 51.3. The summed E-state index contributed by atoms with van der Waals surface area (Å²) >= 11 is 1.38. The van der Waals surface area contributed by atoms with Gasteiger partial charge in [-0.25, -0.2) is 13.2 Å². The van der Waals surface area contributed by atoms with E-state index in [2.05, 4.69) is 16.2 Å². The number of ether oxygens (including phenoxy) is 1. The number of rotatable bonds is 10. The highest BCUT2D eigenvalue weighted by molar-refractivity contribution is 7.98. The van der Waals surface area contributed by atoms with E-state index in [1.807, 2.05) is 6.92 Å². The molecule has 0 unspecified atom stereocenters. The van der Waals surface area contributed by atoms with Crippen LogP contribution in [0.5, 0.6) is 5.75 Å². The number of halogens is 3. The quantitative estimate of drug-likeness (QED) is 0.185. The van der Waals surface area contributed by atoms with Crippen LogP contribution in [0.1, 0.15) is 84.5 Å². The number of likely N-dealkylation sites (tertiary alicyclic amines) is 1. The van der Waals surface area contributed by atoms with Crippen LogP contribution in [0.2, 0.25) is 0 Å². The monoisotopic (exact) mass is 608 g/mol. The van der Waals surface area contributed by atoms with Gasteiger partial charge >= 0.3 is 0 Å². The van der Waals surface area contributed by atoms with Gasteiger partial charge in [-0.1, -0.05) is 30.3 Å². The van der Waals surface area contributed by atoms with Crippen molar-refractivity contribution in [2.24, 2.45) is 5.92 Å². The van der Waals surface area contributed by atoms with Gasteiger partial charge in [0.05, 0.1) is 18.2 Å². The number of benzene rings is 3. The van der Waals surface area contributed by atoms with Crippen LogP contribution in [0.4, 0.5) is 13.2 Å². The number of amides is 1. The van der Waals surface area contributed by atoms with E-state index >= 15 is 0 Å². The molecule has 1 N–H and O–H groups in total. The minimum atomic E-state index is -0.551. The molecule has 0 bridgehead atoms. The van der Waals surface area contributed by atoms with Gasteiger partial charge in [0.2, 0.25) is 0 Å². The van der Waals surface area contributed by atoms with Crippen molar-refractivity contribution in [1.82, 2.24) is 9.62 Å². The molecule has 43 heavy (non-hydrogen) atoms. The highest BCUT2D eigenvalue weighted by Gasteiger charge is 2.32. The molecule has 3 aromatic carbocycles. The summed E-state index contributed by atoms with van der Waals surface area (Å²) in [6, 6.07) is 16.0. The van der Waals surface area contributed by atoms with E-state index in [4.69, 9.17) is 4.74 Å². The van der Waals surface area contributed by atoms with Gasteiger partial charge in [0.15, 0.2) is 0 Å². The average Bonchev–Trinajstić information content (AvgIpc) is 3.93. The zero-order valence-electron chi connectivity index (χ0n) is 24.5. The Hall–Kier alpha value is -3.23. The van der Waals surface area contributed by atoms with E-state index in [9.17, 15) is 18.0 Å². The maximum Gasteiger partial charge on any atom is 0.264 e. The molecule has 3 aliphatic rings.